The van der Waals surface area contributed by atoms with Gasteiger partial charge in [0.1, 0.15) is 0 Å². The molecular weight excluding hydrogens is 254 g/mol. The van der Waals surface area contributed by atoms with Crippen LogP contribution < -0.4 is 5.73 Å². The molecule has 5 heteroatoms. The summed E-state index contributed by atoms with van der Waals surface area (Å²) >= 11 is 0. The molecule has 2 rings (SSSR count). The largest absolute Gasteiger partial charge is 0.342 e. The number of carbonyl (C=O) groups excluding carboxylic acids is 2. The SMILES string of the molecule is CCC(CC)N1CC(C(=O)N2CCC(CN)C2)CC1=O. The predicted octanol–water partition coefficient (Wildman–Crippen LogP) is 0.831. The van der Waals surface area contributed by atoms with Crippen molar-refractivity contribution < 1.29 is 9.59 Å². The minimum Gasteiger partial charge on any atom is -0.342 e. The number of carbonyl (C=O) groups is 2. The molecule has 0 bridgehead atoms. The van der Waals surface area contributed by atoms with Crippen molar-refractivity contribution in [1.82, 2.24) is 9.80 Å². The van der Waals surface area contributed by atoms with Gasteiger partial charge in [-0.1, -0.05) is 13.8 Å². The number of nitrogens with two attached hydrogens (primary N) is 1. The van der Waals surface area contributed by atoms with Crippen molar-refractivity contribution in [2.45, 2.75) is 45.6 Å². The van der Waals surface area contributed by atoms with Crippen molar-refractivity contribution in [2.24, 2.45) is 17.6 Å². The van der Waals surface area contributed by atoms with Gasteiger partial charge in [0.2, 0.25) is 11.8 Å². The number of amides is 2. The highest BCUT2D eigenvalue weighted by molar-refractivity contribution is 5.89. The van der Waals surface area contributed by atoms with Gasteiger partial charge in [-0.15, -0.1) is 0 Å². The van der Waals surface area contributed by atoms with Crippen LogP contribution in [0, 0.1) is 11.8 Å². The molecule has 2 aliphatic rings. The van der Waals surface area contributed by atoms with Gasteiger partial charge in [-0.25, -0.2) is 0 Å². The van der Waals surface area contributed by atoms with Crippen LogP contribution in [0.2, 0.25) is 0 Å². The third-order valence-electron chi connectivity index (χ3n) is 4.82. The smallest absolute Gasteiger partial charge is 0.228 e. The minimum atomic E-state index is -0.139. The number of hydrogen-bond acceptors (Lipinski definition) is 3. The fourth-order valence-corrected chi connectivity index (χ4v) is 3.46. The molecule has 5 nitrogen and oxygen atoms in total. The fraction of sp³-hybridized carbons (Fsp3) is 0.867. The number of nitrogens with zero attached hydrogens (tertiary/aromatic N) is 2. The van der Waals surface area contributed by atoms with E-state index in [0.717, 1.165) is 32.4 Å². The third-order valence-corrected chi connectivity index (χ3v) is 4.82. The number of likely N-dealkylation sites (tertiary alicyclic amines) is 2. The van der Waals surface area contributed by atoms with Crippen molar-refractivity contribution in [2.75, 3.05) is 26.2 Å². The first-order chi connectivity index (χ1) is 9.60. The highest BCUT2D eigenvalue weighted by Gasteiger charge is 2.39. The van der Waals surface area contributed by atoms with E-state index in [9.17, 15) is 9.59 Å². The summed E-state index contributed by atoms with van der Waals surface area (Å²) in [6.07, 6.45) is 3.31. The third kappa shape index (κ3) is 2.97. The molecule has 20 heavy (non-hydrogen) atoms. The van der Waals surface area contributed by atoms with E-state index < -0.39 is 0 Å². The molecule has 0 spiro atoms. The molecule has 2 atom stereocenters. The average molecular weight is 281 g/mol. The quantitative estimate of drug-likeness (QED) is 0.811. The average Bonchev–Trinajstić information content (AvgIpc) is 3.07. The Labute approximate surface area is 121 Å². The van der Waals surface area contributed by atoms with Gasteiger partial charge in [-0.05, 0) is 31.7 Å². The van der Waals surface area contributed by atoms with E-state index >= 15 is 0 Å². The van der Waals surface area contributed by atoms with Gasteiger partial charge in [0, 0.05) is 32.1 Å². The topological polar surface area (TPSA) is 66.6 Å². The summed E-state index contributed by atoms with van der Waals surface area (Å²) in [6, 6.07) is 0.288. The van der Waals surface area contributed by atoms with Gasteiger partial charge in [0.05, 0.1) is 5.92 Å². The van der Waals surface area contributed by atoms with Crippen LogP contribution in [-0.2, 0) is 9.59 Å². The zero-order chi connectivity index (χ0) is 14.7. The normalized spacial score (nSPS) is 26.9. The van der Waals surface area contributed by atoms with Crippen LogP contribution in [-0.4, -0.2) is 53.8 Å². The van der Waals surface area contributed by atoms with Crippen LogP contribution in [0.5, 0.6) is 0 Å². The molecule has 2 unspecified atom stereocenters. The van der Waals surface area contributed by atoms with Crippen LogP contribution in [0.25, 0.3) is 0 Å². The Bertz CT molecular complexity index is 368. The lowest BCUT2D eigenvalue weighted by atomic mass is 10.1. The lowest BCUT2D eigenvalue weighted by Crippen LogP contribution is -2.39. The second kappa shape index (κ2) is 6.57. The summed E-state index contributed by atoms with van der Waals surface area (Å²) in [5.74, 6) is 0.597. The molecule has 114 valence electrons. The summed E-state index contributed by atoms with van der Waals surface area (Å²) in [4.78, 5) is 28.4. The second-order valence-electron chi connectivity index (χ2n) is 6.09. The maximum atomic E-state index is 12.5. The number of hydrogen-bond donors (Lipinski definition) is 1. The first kappa shape index (κ1) is 15.3. The molecular formula is C15H27N3O2. The molecule has 2 heterocycles. The molecule has 2 amide bonds. The Hall–Kier alpha value is -1.10. The van der Waals surface area contributed by atoms with E-state index in [1.54, 1.807) is 0 Å². The van der Waals surface area contributed by atoms with Crippen molar-refractivity contribution in [1.29, 1.82) is 0 Å². The molecule has 2 aliphatic heterocycles. The standard InChI is InChI=1S/C15H27N3O2/c1-3-13(4-2)18-10-12(7-14(18)19)15(20)17-6-5-11(8-16)9-17/h11-13H,3-10,16H2,1-2H3. The zero-order valence-electron chi connectivity index (χ0n) is 12.7. The van der Waals surface area contributed by atoms with Crippen LogP contribution in [0.1, 0.15) is 39.5 Å². The van der Waals surface area contributed by atoms with Gasteiger partial charge in [0.25, 0.3) is 0 Å². The number of rotatable bonds is 5. The summed E-state index contributed by atoms with van der Waals surface area (Å²) in [7, 11) is 0. The van der Waals surface area contributed by atoms with Gasteiger partial charge in [-0.3, -0.25) is 9.59 Å². The maximum absolute atomic E-state index is 12.5. The van der Waals surface area contributed by atoms with E-state index in [-0.39, 0.29) is 23.8 Å². The van der Waals surface area contributed by atoms with Gasteiger partial charge < -0.3 is 15.5 Å². The zero-order valence-corrected chi connectivity index (χ0v) is 12.7. The molecule has 2 fully saturated rings. The van der Waals surface area contributed by atoms with E-state index in [1.165, 1.54) is 0 Å². The molecule has 2 saturated heterocycles. The van der Waals surface area contributed by atoms with Crippen LogP contribution >= 0.6 is 0 Å². The Morgan fingerprint density at radius 3 is 2.60 bits per heavy atom. The van der Waals surface area contributed by atoms with Crippen molar-refractivity contribution in [3.05, 3.63) is 0 Å². The summed E-state index contributed by atoms with van der Waals surface area (Å²) in [5.41, 5.74) is 5.67. The monoisotopic (exact) mass is 281 g/mol. The van der Waals surface area contributed by atoms with Gasteiger partial charge in [-0.2, -0.15) is 0 Å². The minimum absolute atomic E-state index is 0.139. The highest BCUT2D eigenvalue weighted by Crippen LogP contribution is 2.26. The lowest BCUT2D eigenvalue weighted by Gasteiger charge is -2.26. The molecule has 0 aromatic rings. The molecule has 2 N–H and O–H groups in total. The predicted molar refractivity (Wildman–Crippen MR) is 77.9 cm³/mol. The molecule has 0 saturated carbocycles. The van der Waals surface area contributed by atoms with E-state index in [1.807, 2.05) is 9.80 Å². The lowest BCUT2D eigenvalue weighted by molar-refractivity contribution is -0.135. The Balaban J connectivity index is 1.94. The summed E-state index contributed by atoms with van der Waals surface area (Å²) in [6.45, 7) is 7.02. The second-order valence-corrected chi connectivity index (χ2v) is 6.09. The van der Waals surface area contributed by atoms with E-state index in [2.05, 4.69) is 13.8 Å². The molecule has 0 radical (unpaired) electrons. The van der Waals surface area contributed by atoms with Crippen molar-refractivity contribution >= 4 is 11.8 Å². The van der Waals surface area contributed by atoms with Crippen LogP contribution in [0.4, 0.5) is 0 Å². The molecule has 0 aliphatic carbocycles. The van der Waals surface area contributed by atoms with Crippen molar-refractivity contribution in [3.8, 4) is 0 Å². The first-order valence-corrected chi connectivity index (χ1v) is 7.88. The van der Waals surface area contributed by atoms with Crippen molar-refractivity contribution in [3.63, 3.8) is 0 Å². The summed E-state index contributed by atoms with van der Waals surface area (Å²) < 4.78 is 0. The van der Waals surface area contributed by atoms with Crippen LogP contribution in [0.3, 0.4) is 0 Å². The van der Waals surface area contributed by atoms with Gasteiger partial charge >= 0.3 is 0 Å². The first-order valence-electron chi connectivity index (χ1n) is 7.88. The Morgan fingerprint density at radius 1 is 1.35 bits per heavy atom. The Kier molecular flexibility index (Phi) is 5.02. The molecule has 0 aromatic carbocycles. The fourth-order valence-electron chi connectivity index (χ4n) is 3.46. The maximum Gasteiger partial charge on any atom is 0.228 e. The van der Waals surface area contributed by atoms with Gasteiger partial charge in [0.15, 0.2) is 0 Å². The van der Waals surface area contributed by atoms with E-state index in [0.29, 0.717) is 25.4 Å². The summed E-state index contributed by atoms with van der Waals surface area (Å²) in [5, 5.41) is 0. The molecule has 0 aromatic heterocycles. The Morgan fingerprint density at radius 2 is 2.05 bits per heavy atom. The highest BCUT2D eigenvalue weighted by atomic mass is 16.2. The van der Waals surface area contributed by atoms with E-state index in [4.69, 9.17) is 5.73 Å². The van der Waals surface area contributed by atoms with Crippen LogP contribution in [0.15, 0.2) is 0 Å².